The zero-order chi connectivity index (χ0) is 20.5. The zero-order valence-corrected chi connectivity index (χ0v) is 18.2. The van der Waals surface area contributed by atoms with Crippen molar-refractivity contribution < 1.29 is 13.2 Å². The van der Waals surface area contributed by atoms with Crippen molar-refractivity contribution in [3.05, 3.63) is 54.2 Å². The van der Waals surface area contributed by atoms with Crippen molar-refractivity contribution in [2.45, 2.75) is 48.4 Å². The number of hydrogen-bond acceptors (Lipinski definition) is 5. The van der Waals surface area contributed by atoms with Crippen molar-refractivity contribution in [3.63, 3.8) is 0 Å². The quantitative estimate of drug-likeness (QED) is 0.496. The van der Waals surface area contributed by atoms with Gasteiger partial charge in [0.1, 0.15) is 5.03 Å². The van der Waals surface area contributed by atoms with Crippen LogP contribution in [0.25, 0.3) is 0 Å². The first kappa shape index (κ1) is 21.8. The van der Waals surface area contributed by atoms with E-state index in [9.17, 15) is 13.2 Å². The molecule has 2 aromatic rings. The fourth-order valence-corrected chi connectivity index (χ4v) is 6.24. The Bertz CT molecular complexity index is 893. The van der Waals surface area contributed by atoms with Crippen LogP contribution >= 0.6 is 11.8 Å². The molecule has 0 spiro atoms. The van der Waals surface area contributed by atoms with Crippen molar-refractivity contribution in [2.24, 2.45) is 5.92 Å². The molecule has 1 saturated carbocycles. The molecule has 5 nitrogen and oxygen atoms in total. The molecule has 0 radical (unpaired) electrons. The largest absolute Gasteiger partial charge is 0.352 e. The number of nitrogens with one attached hydrogen (secondary N) is 1. The Balaban J connectivity index is 1.56. The Kier molecular flexibility index (Phi) is 8.12. The van der Waals surface area contributed by atoms with Crippen LogP contribution < -0.4 is 5.32 Å². The highest BCUT2D eigenvalue weighted by atomic mass is 32.2. The number of benzene rings is 1. The summed E-state index contributed by atoms with van der Waals surface area (Å²) in [5, 5.41) is 3.64. The second-order valence-corrected chi connectivity index (χ2v) is 10.6. The summed E-state index contributed by atoms with van der Waals surface area (Å²) in [6, 6.07) is 11.9. The van der Waals surface area contributed by atoms with E-state index in [0.717, 1.165) is 0 Å². The van der Waals surface area contributed by atoms with Gasteiger partial charge in [0.15, 0.2) is 9.84 Å². The summed E-state index contributed by atoms with van der Waals surface area (Å²) in [4.78, 5) is 17.3. The van der Waals surface area contributed by atoms with E-state index >= 15 is 0 Å². The lowest BCUT2D eigenvalue weighted by molar-refractivity contribution is 0.0942. The Morgan fingerprint density at radius 1 is 1.03 bits per heavy atom. The van der Waals surface area contributed by atoms with E-state index in [0.29, 0.717) is 33.7 Å². The van der Waals surface area contributed by atoms with Crippen LogP contribution in [0.3, 0.4) is 0 Å². The molecule has 1 amide bonds. The van der Waals surface area contributed by atoms with E-state index in [2.05, 4.69) is 10.3 Å². The number of rotatable bonds is 8. The van der Waals surface area contributed by atoms with Gasteiger partial charge in [-0.05, 0) is 43.0 Å². The van der Waals surface area contributed by atoms with Gasteiger partial charge >= 0.3 is 0 Å². The minimum atomic E-state index is -3.34. The average Bonchev–Trinajstić information content (AvgIpc) is 3.02. The maximum absolute atomic E-state index is 12.7. The number of carbonyl (C=O) groups excluding carboxylic acids is 1. The van der Waals surface area contributed by atoms with E-state index in [1.807, 2.05) is 0 Å². The van der Waals surface area contributed by atoms with Crippen LogP contribution in [-0.4, -0.2) is 37.4 Å². The Labute approximate surface area is 177 Å². The van der Waals surface area contributed by atoms with Crippen molar-refractivity contribution in [1.82, 2.24) is 10.3 Å². The molecular weight excluding hydrogens is 404 g/mol. The number of aromatic nitrogens is 1. The molecule has 0 unspecified atom stereocenters. The second-order valence-electron chi connectivity index (χ2n) is 7.40. The van der Waals surface area contributed by atoms with Crippen molar-refractivity contribution in [1.29, 1.82) is 0 Å². The average molecular weight is 433 g/mol. The number of thioether (sulfide) groups is 1. The molecule has 1 heterocycles. The molecule has 0 atom stereocenters. The standard InChI is InChI=1S/C22H28N2O3S2/c25-21(24-17-18-9-4-1-2-5-10-18)20-13-8-14-23-22(20)28-15-16-29(26,27)19-11-6-3-7-12-19/h3,6-8,11-14,18H,1-2,4-5,9-10,15-17H2,(H,24,25). The minimum absolute atomic E-state index is 0.00138. The number of amides is 1. The maximum atomic E-state index is 12.7. The van der Waals surface area contributed by atoms with Crippen molar-refractivity contribution in [3.8, 4) is 0 Å². The third kappa shape index (κ3) is 6.57. The number of carbonyl (C=O) groups is 1. The normalized spacial score (nSPS) is 15.6. The molecule has 0 bridgehead atoms. The van der Waals surface area contributed by atoms with Crippen molar-refractivity contribution in [2.75, 3.05) is 18.1 Å². The molecule has 3 rings (SSSR count). The molecule has 0 aliphatic heterocycles. The van der Waals surface area contributed by atoms with E-state index in [-0.39, 0.29) is 11.7 Å². The highest BCUT2D eigenvalue weighted by Crippen LogP contribution is 2.24. The van der Waals surface area contributed by atoms with Crippen LogP contribution in [0, 0.1) is 5.92 Å². The summed E-state index contributed by atoms with van der Waals surface area (Å²) in [6.45, 7) is 0.695. The molecule has 7 heteroatoms. The zero-order valence-electron chi connectivity index (χ0n) is 16.5. The maximum Gasteiger partial charge on any atom is 0.254 e. The highest BCUT2D eigenvalue weighted by Gasteiger charge is 2.18. The van der Waals surface area contributed by atoms with Crippen LogP contribution in [0.5, 0.6) is 0 Å². The Morgan fingerprint density at radius 2 is 1.76 bits per heavy atom. The number of pyridine rings is 1. The number of hydrogen-bond donors (Lipinski definition) is 1. The summed E-state index contributed by atoms with van der Waals surface area (Å²) in [5.74, 6) is 0.763. The molecule has 1 aromatic carbocycles. The smallest absolute Gasteiger partial charge is 0.254 e. The van der Waals surface area contributed by atoms with Crippen molar-refractivity contribution >= 4 is 27.5 Å². The van der Waals surface area contributed by atoms with Gasteiger partial charge in [-0.1, -0.05) is 43.9 Å². The van der Waals surface area contributed by atoms with E-state index < -0.39 is 9.84 Å². The first-order valence-electron chi connectivity index (χ1n) is 10.2. The minimum Gasteiger partial charge on any atom is -0.352 e. The van der Waals surface area contributed by atoms with Gasteiger partial charge in [0.05, 0.1) is 16.2 Å². The summed E-state index contributed by atoms with van der Waals surface area (Å²) in [5.41, 5.74) is 0.517. The van der Waals surface area contributed by atoms with Crippen LogP contribution in [0.4, 0.5) is 0 Å². The molecule has 156 valence electrons. The van der Waals surface area contributed by atoms with Crippen LogP contribution in [0.15, 0.2) is 58.6 Å². The van der Waals surface area contributed by atoms with Gasteiger partial charge in [-0.25, -0.2) is 13.4 Å². The molecule has 1 fully saturated rings. The fraction of sp³-hybridized carbons (Fsp3) is 0.455. The van der Waals surface area contributed by atoms with Gasteiger partial charge in [0.2, 0.25) is 0 Å². The monoisotopic (exact) mass is 432 g/mol. The lowest BCUT2D eigenvalue weighted by atomic mass is 10.0. The molecule has 1 aliphatic carbocycles. The van der Waals surface area contributed by atoms with Gasteiger partial charge < -0.3 is 5.32 Å². The Hall–Kier alpha value is -1.86. The van der Waals surface area contributed by atoms with E-state index in [1.165, 1.54) is 50.3 Å². The number of sulfone groups is 1. The SMILES string of the molecule is O=C(NCC1CCCCCC1)c1cccnc1SCCS(=O)(=O)c1ccccc1. The predicted molar refractivity (Wildman–Crippen MR) is 117 cm³/mol. The third-order valence-electron chi connectivity index (χ3n) is 5.23. The third-order valence-corrected chi connectivity index (χ3v) is 8.23. The number of nitrogens with zero attached hydrogens (tertiary/aromatic N) is 1. The lowest BCUT2D eigenvalue weighted by Gasteiger charge is -2.15. The van der Waals surface area contributed by atoms with Gasteiger partial charge in [-0.3, -0.25) is 4.79 Å². The summed E-state index contributed by atoms with van der Waals surface area (Å²) < 4.78 is 24.9. The second kappa shape index (κ2) is 10.8. The molecule has 0 saturated heterocycles. The Morgan fingerprint density at radius 3 is 2.48 bits per heavy atom. The van der Waals surface area contributed by atoms with E-state index in [1.54, 1.807) is 48.7 Å². The summed E-state index contributed by atoms with van der Waals surface area (Å²) in [7, 11) is -3.34. The molecule has 1 aromatic heterocycles. The van der Waals surface area contributed by atoms with Crippen LogP contribution in [-0.2, 0) is 9.84 Å². The van der Waals surface area contributed by atoms with Gasteiger partial charge in [0, 0.05) is 18.5 Å². The van der Waals surface area contributed by atoms with E-state index in [4.69, 9.17) is 0 Å². The van der Waals surface area contributed by atoms with Gasteiger partial charge in [0.25, 0.3) is 5.91 Å². The topological polar surface area (TPSA) is 76.1 Å². The molecule has 1 aliphatic rings. The lowest BCUT2D eigenvalue weighted by Crippen LogP contribution is -2.29. The summed E-state index contributed by atoms with van der Waals surface area (Å²) >= 11 is 1.31. The van der Waals surface area contributed by atoms with Gasteiger partial charge in [-0.2, -0.15) is 0 Å². The van der Waals surface area contributed by atoms with Crippen LogP contribution in [0.1, 0.15) is 48.9 Å². The first-order valence-corrected chi connectivity index (χ1v) is 12.8. The predicted octanol–water partition coefficient (Wildman–Crippen LogP) is 4.35. The van der Waals surface area contributed by atoms with Gasteiger partial charge in [-0.15, -0.1) is 11.8 Å². The molecule has 29 heavy (non-hydrogen) atoms. The highest BCUT2D eigenvalue weighted by molar-refractivity contribution is 8.00. The first-order chi connectivity index (χ1) is 14.1. The molecular formula is C22H28N2O3S2. The summed E-state index contributed by atoms with van der Waals surface area (Å²) in [6.07, 6.45) is 9.04. The molecule has 1 N–H and O–H groups in total. The van der Waals surface area contributed by atoms with Crippen LogP contribution in [0.2, 0.25) is 0 Å². The fourth-order valence-electron chi connectivity index (χ4n) is 3.57.